The van der Waals surface area contributed by atoms with Gasteiger partial charge in [0.15, 0.2) is 0 Å². The lowest BCUT2D eigenvalue weighted by atomic mass is 10.3. The highest BCUT2D eigenvalue weighted by atomic mass is 79.9. The molecule has 0 heterocycles. The van der Waals surface area contributed by atoms with Crippen LogP contribution in [-0.2, 0) is 9.73 Å². The van der Waals surface area contributed by atoms with Gasteiger partial charge in [-0.05, 0) is 18.2 Å². The van der Waals surface area contributed by atoms with Gasteiger partial charge in [0.2, 0.25) is 0 Å². The quantitative estimate of drug-likeness (QED) is 0.878. The largest absolute Gasteiger partial charge is 0.249 e. The predicted molar refractivity (Wildman–Crippen MR) is 53.8 cm³/mol. The number of hydrogen-bond acceptors (Lipinski definition) is 2. The normalized spacial score (nSPS) is 15.3. The zero-order valence-electron chi connectivity index (χ0n) is 7.01. The van der Waals surface area contributed by atoms with Gasteiger partial charge in [0, 0.05) is 10.2 Å². The van der Waals surface area contributed by atoms with E-state index in [1.165, 1.54) is 12.1 Å². The van der Waals surface area contributed by atoms with Crippen molar-refractivity contribution in [1.29, 1.82) is 4.78 Å². The number of rotatable bonds is 2. The van der Waals surface area contributed by atoms with Crippen LogP contribution in [-0.4, -0.2) is 9.96 Å². The second-order valence-corrected chi connectivity index (χ2v) is 5.82. The first-order chi connectivity index (χ1) is 5.97. The first kappa shape index (κ1) is 10.7. The van der Waals surface area contributed by atoms with E-state index in [1.807, 2.05) is 0 Å². The minimum Gasteiger partial charge on any atom is -0.249 e. The van der Waals surface area contributed by atoms with Crippen LogP contribution in [0.3, 0.4) is 0 Å². The van der Waals surface area contributed by atoms with Gasteiger partial charge in [-0.1, -0.05) is 22.9 Å². The Bertz CT molecular complexity index is 416. The molecule has 1 aromatic rings. The molecule has 1 unspecified atom stereocenters. The fraction of sp³-hybridized carbons (Fsp3) is 0.250. The first-order valence-corrected chi connectivity index (χ1v) is 6.21. The summed E-state index contributed by atoms with van der Waals surface area (Å²) < 4.78 is 32.7. The maximum atomic E-state index is 13.2. The summed E-state index contributed by atoms with van der Waals surface area (Å²) in [5.41, 5.74) is 0. The van der Waals surface area contributed by atoms with Crippen LogP contribution in [0.15, 0.2) is 27.6 Å². The van der Waals surface area contributed by atoms with Gasteiger partial charge in [0.1, 0.15) is 5.82 Å². The lowest BCUT2D eigenvalue weighted by molar-refractivity contribution is 0.592. The fourth-order valence-corrected chi connectivity index (χ4v) is 2.20. The average Bonchev–Trinajstić information content (AvgIpc) is 2.03. The first-order valence-electron chi connectivity index (χ1n) is 3.69. The van der Waals surface area contributed by atoms with Crippen LogP contribution in [0.4, 0.5) is 4.39 Å². The van der Waals surface area contributed by atoms with Gasteiger partial charge in [0.05, 0.1) is 14.6 Å². The van der Waals surface area contributed by atoms with Crippen LogP contribution in [0.1, 0.15) is 6.92 Å². The molecule has 5 heteroatoms. The Morgan fingerprint density at radius 1 is 1.62 bits per heavy atom. The Balaban J connectivity index is 3.33. The molecule has 0 aliphatic heterocycles. The Kier molecular flexibility index (Phi) is 3.08. The molecule has 0 radical (unpaired) electrons. The van der Waals surface area contributed by atoms with Crippen molar-refractivity contribution in [3.8, 4) is 0 Å². The summed E-state index contributed by atoms with van der Waals surface area (Å²) in [4.78, 5) is -0.0156. The molecule has 0 amide bonds. The molecule has 13 heavy (non-hydrogen) atoms. The Hall–Kier alpha value is -0.420. The van der Waals surface area contributed by atoms with E-state index in [0.717, 1.165) is 0 Å². The molecule has 2 nitrogen and oxygen atoms in total. The molecule has 0 spiro atoms. The Morgan fingerprint density at radius 3 is 2.69 bits per heavy atom. The van der Waals surface area contributed by atoms with Crippen LogP contribution in [0.2, 0.25) is 0 Å². The van der Waals surface area contributed by atoms with Crippen molar-refractivity contribution in [2.75, 3.05) is 5.75 Å². The average molecular weight is 266 g/mol. The van der Waals surface area contributed by atoms with E-state index >= 15 is 0 Å². The topological polar surface area (TPSA) is 40.9 Å². The third-order valence-electron chi connectivity index (χ3n) is 1.66. The summed E-state index contributed by atoms with van der Waals surface area (Å²) in [5, 5.41) is 0. The summed E-state index contributed by atoms with van der Waals surface area (Å²) in [6.07, 6.45) is 0. The SMILES string of the molecule is CCS(=N)(=O)c1ccc(Br)cc1F. The highest BCUT2D eigenvalue weighted by Gasteiger charge is 2.12. The molecule has 72 valence electrons. The minimum atomic E-state index is -2.94. The molecular weight excluding hydrogens is 257 g/mol. The molecular formula is C8H9BrFNOS. The van der Waals surface area contributed by atoms with Crippen LogP contribution in [0.5, 0.6) is 0 Å². The molecule has 0 saturated heterocycles. The highest BCUT2D eigenvalue weighted by Crippen LogP contribution is 2.20. The molecule has 0 saturated carbocycles. The summed E-state index contributed by atoms with van der Waals surface area (Å²) >= 11 is 3.09. The van der Waals surface area contributed by atoms with Gasteiger partial charge < -0.3 is 0 Å². The van der Waals surface area contributed by atoms with Gasteiger partial charge >= 0.3 is 0 Å². The van der Waals surface area contributed by atoms with Crippen LogP contribution in [0, 0.1) is 10.6 Å². The Labute approximate surface area is 85.3 Å². The summed E-state index contributed by atoms with van der Waals surface area (Å²) in [6.45, 7) is 1.61. The number of benzene rings is 1. The maximum absolute atomic E-state index is 13.2. The molecule has 0 fully saturated rings. The van der Waals surface area contributed by atoms with Crippen LogP contribution >= 0.6 is 15.9 Å². The van der Waals surface area contributed by atoms with Crippen molar-refractivity contribution < 1.29 is 8.60 Å². The maximum Gasteiger partial charge on any atom is 0.141 e. The molecule has 1 aromatic carbocycles. The predicted octanol–water partition coefficient (Wildman–Crippen LogP) is 3.01. The van der Waals surface area contributed by atoms with E-state index in [2.05, 4.69) is 15.9 Å². The molecule has 0 bridgehead atoms. The molecule has 0 aliphatic rings. The van der Waals surface area contributed by atoms with Crippen molar-refractivity contribution >= 4 is 25.7 Å². The van der Waals surface area contributed by atoms with Crippen LogP contribution < -0.4 is 0 Å². The standard InChI is InChI=1S/C8H9BrFNOS/c1-2-13(11,12)8-4-3-6(9)5-7(8)10/h3-5,11H,2H2,1H3. The molecule has 1 rings (SSSR count). The minimum absolute atomic E-state index is 0.0156. The number of nitrogens with one attached hydrogen (secondary N) is 1. The Morgan fingerprint density at radius 2 is 2.23 bits per heavy atom. The van der Waals surface area contributed by atoms with Gasteiger partial charge in [-0.15, -0.1) is 0 Å². The molecule has 1 N–H and O–H groups in total. The lowest BCUT2D eigenvalue weighted by Crippen LogP contribution is -2.04. The van der Waals surface area contributed by atoms with E-state index in [9.17, 15) is 8.60 Å². The van der Waals surface area contributed by atoms with E-state index in [4.69, 9.17) is 4.78 Å². The van der Waals surface area contributed by atoms with Crippen molar-refractivity contribution in [2.45, 2.75) is 11.8 Å². The third-order valence-corrected chi connectivity index (χ3v) is 4.00. The lowest BCUT2D eigenvalue weighted by Gasteiger charge is -2.05. The smallest absolute Gasteiger partial charge is 0.141 e. The van der Waals surface area contributed by atoms with Crippen molar-refractivity contribution in [1.82, 2.24) is 0 Å². The van der Waals surface area contributed by atoms with Crippen LogP contribution in [0.25, 0.3) is 0 Å². The zero-order valence-corrected chi connectivity index (χ0v) is 9.41. The second-order valence-electron chi connectivity index (χ2n) is 2.54. The van der Waals surface area contributed by atoms with Gasteiger partial charge in [0.25, 0.3) is 0 Å². The number of halogens is 2. The van der Waals surface area contributed by atoms with Gasteiger partial charge in [-0.3, -0.25) is 0 Å². The molecule has 1 atom stereocenters. The fourth-order valence-electron chi connectivity index (χ4n) is 0.898. The van der Waals surface area contributed by atoms with E-state index in [1.54, 1.807) is 13.0 Å². The number of hydrogen-bond donors (Lipinski definition) is 1. The van der Waals surface area contributed by atoms with E-state index < -0.39 is 15.5 Å². The van der Waals surface area contributed by atoms with E-state index in [0.29, 0.717) is 4.47 Å². The van der Waals surface area contributed by atoms with Gasteiger partial charge in [-0.2, -0.15) is 0 Å². The van der Waals surface area contributed by atoms with Crippen molar-refractivity contribution in [2.24, 2.45) is 0 Å². The van der Waals surface area contributed by atoms with Crippen molar-refractivity contribution in [3.63, 3.8) is 0 Å². The third kappa shape index (κ3) is 2.28. The summed E-state index contributed by atoms with van der Waals surface area (Å²) in [5.74, 6) is -0.456. The van der Waals surface area contributed by atoms with E-state index in [-0.39, 0.29) is 10.6 Å². The monoisotopic (exact) mass is 265 g/mol. The highest BCUT2D eigenvalue weighted by molar-refractivity contribution is 9.10. The van der Waals surface area contributed by atoms with Gasteiger partial charge in [-0.25, -0.2) is 13.4 Å². The van der Waals surface area contributed by atoms with Crippen molar-refractivity contribution in [3.05, 3.63) is 28.5 Å². The molecule has 0 aromatic heterocycles. The summed E-state index contributed by atoms with van der Waals surface area (Å²) in [6, 6.07) is 4.19. The summed E-state index contributed by atoms with van der Waals surface area (Å²) in [7, 11) is -2.94. The zero-order chi connectivity index (χ0) is 10.1. The molecule has 0 aliphatic carbocycles. The second kappa shape index (κ2) is 3.75.